The van der Waals surface area contributed by atoms with E-state index in [9.17, 15) is 0 Å². The Labute approximate surface area is 144 Å². The van der Waals surface area contributed by atoms with Crippen molar-refractivity contribution in [3.05, 3.63) is 53.3 Å². The number of rotatable bonds is 2. The third kappa shape index (κ3) is 2.45. The van der Waals surface area contributed by atoms with Gasteiger partial charge in [0.1, 0.15) is 22.8 Å². The van der Waals surface area contributed by atoms with Gasteiger partial charge >= 0.3 is 0 Å². The first-order valence-electron chi connectivity index (χ1n) is 7.86. The molecule has 4 aromatic rings. The Morgan fingerprint density at radius 3 is 2.79 bits per heavy atom. The molecule has 0 saturated carbocycles. The number of aromatic nitrogens is 5. The van der Waals surface area contributed by atoms with Gasteiger partial charge in [-0.15, -0.1) is 0 Å². The van der Waals surface area contributed by atoms with Gasteiger partial charge in [0.15, 0.2) is 0 Å². The van der Waals surface area contributed by atoms with Gasteiger partial charge in [0.2, 0.25) is 0 Å². The number of aromatic amines is 1. The molecule has 0 aromatic carbocycles. The Kier molecular flexibility index (Phi) is 3.35. The largest absolute Gasteiger partial charge is 0.346 e. The summed E-state index contributed by atoms with van der Waals surface area (Å²) in [6.07, 6.45) is 5.51. The number of nitrogens with one attached hydrogen (secondary N) is 1. The lowest BCUT2D eigenvalue weighted by Crippen LogP contribution is -2.12. The van der Waals surface area contributed by atoms with Gasteiger partial charge in [0, 0.05) is 23.2 Å². The van der Waals surface area contributed by atoms with Crippen molar-refractivity contribution in [3.63, 3.8) is 0 Å². The summed E-state index contributed by atoms with van der Waals surface area (Å²) in [6.45, 7) is 7.17. The second-order valence-corrected chi connectivity index (χ2v) is 7.37. The summed E-state index contributed by atoms with van der Waals surface area (Å²) in [6, 6.07) is 6.06. The predicted molar refractivity (Wildman–Crippen MR) is 96.4 cm³/mol. The Morgan fingerprint density at radius 1 is 1.17 bits per heavy atom. The number of pyridine rings is 1. The number of hydrogen-bond donors (Lipinski definition) is 1. The van der Waals surface area contributed by atoms with Crippen LogP contribution in [0.3, 0.4) is 0 Å². The fourth-order valence-electron chi connectivity index (χ4n) is 3.09. The molecule has 6 heteroatoms. The zero-order chi connectivity index (χ0) is 16.9. The summed E-state index contributed by atoms with van der Waals surface area (Å²) in [4.78, 5) is 16.4. The molecule has 4 heterocycles. The van der Waals surface area contributed by atoms with E-state index in [0.717, 1.165) is 27.8 Å². The van der Waals surface area contributed by atoms with E-state index in [0.29, 0.717) is 11.7 Å². The van der Waals surface area contributed by atoms with E-state index in [4.69, 9.17) is 11.6 Å². The lowest BCUT2D eigenvalue weighted by atomic mass is 9.86. The molecule has 0 unspecified atom stereocenters. The standard InChI is InChI=1S/C18H18ClN5/c1-18(2,3)13-8-15(19)23-17-11(13)5-7-24(17)9-14-12-4-6-20-16(12)22-10-21-14/h4-8,10H,9H2,1-3H3,(H,20,21,22). The monoisotopic (exact) mass is 339 g/mol. The second-order valence-electron chi connectivity index (χ2n) is 6.98. The fraction of sp³-hybridized carbons (Fsp3) is 0.278. The first kappa shape index (κ1) is 15.1. The number of nitrogens with zero attached hydrogens (tertiary/aromatic N) is 4. The predicted octanol–water partition coefficient (Wildman–Crippen LogP) is 4.31. The molecule has 0 atom stereocenters. The fourth-order valence-corrected chi connectivity index (χ4v) is 3.28. The first-order chi connectivity index (χ1) is 11.4. The van der Waals surface area contributed by atoms with E-state index >= 15 is 0 Å². The Hall–Kier alpha value is -2.40. The molecule has 24 heavy (non-hydrogen) atoms. The topological polar surface area (TPSA) is 59.4 Å². The van der Waals surface area contributed by atoms with Gasteiger partial charge in [-0.05, 0) is 29.2 Å². The van der Waals surface area contributed by atoms with Crippen LogP contribution in [0.15, 0.2) is 36.9 Å². The van der Waals surface area contributed by atoms with Gasteiger partial charge in [0.05, 0.1) is 12.2 Å². The Morgan fingerprint density at radius 2 is 2.00 bits per heavy atom. The molecule has 5 nitrogen and oxygen atoms in total. The van der Waals surface area contributed by atoms with Crippen LogP contribution in [0.2, 0.25) is 5.15 Å². The van der Waals surface area contributed by atoms with Crippen molar-refractivity contribution in [1.82, 2.24) is 24.5 Å². The molecule has 0 aliphatic heterocycles. The summed E-state index contributed by atoms with van der Waals surface area (Å²) >= 11 is 6.28. The third-order valence-corrected chi connectivity index (χ3v) is 4.46. The quantitative estimate of drug-likeness (QED) is 0.554. The molecule has 1 N–H and O–H groups in total. The van der Waals surface area contributed by atoms with Gasteiger partial charge in [0.25, 0.3) is 0 Å². The molecule has 0 fully saturated rings. The summed E-state index contributed by atoms with van der Waals surface area (Å²) < 4.78 is 2.09. The SMILES string of the molecule is CC(C)(C)c1cc(Cl)nc2c1ccn2Cc1ncnc2[nH]ccc12. The van der Waals surface area contributed by atoms with Crippen LogP contribution in [-0.4, -0.2) is 24.5 Å². The zero-order valence-electron chi connectivity index (χ0n) is 13.8. The molecular formula is C18H18ClN5. The molecule has 0 amide bonds. The van der Waals surface area contributed by atoms with E-state index < -0.39 is 0 Å². The summed E-state index contributed by atoms with van der Waals surface area (Å²) in [5.74, 6) is 0. The summed E-state index contributed by atoms with van der Waals surface area (Å²) in [5.41, 5.74) is 3.89. The molecule has 0 aliphatic carbocycles. The minimum Gasteiger partial charge on any atom is -0.346 e. The molecular weight excluding hydrogens is 322 g/mol. The normalized spacial score (nSPS) is 12.3. The van der Waals surface area contributed by atoms with E-state index in [1.54, 1.807) is 6.33 Å². The molecule has 0 spiro atoms. The van der Waals surface area contributed by atoms with Gasteiger partial charge < -0.3 is 9.55 Å². The average molecular weight is 340 g/mol. The van der Waals surface area contributed by atoms with Crippen LogP contribution in [0.25, 0.3) is 22.1 Å². The van der Waals surface area contributed by atoms with Crippen molar-refractivity contribution in [2.75, 3.05) is 0 Å². The second kappa shape index (κ2) is 5.31. The number of hydrogen-bond acceptors (Lipinski definition) is 3. The van der Waals surface area contributed by atoms with Crippen LogP contribution in [0.1, 0.15) is 32.0 Å². The minimum absolute atomic E-state index is 0.000164. The van der Waals surface area contributed by atoms with Gasteiger partial charge in [-0.1, -0.05) is 32.4 Å². The van der Waals surface area contributed by atoms with Gasteiger partial charge in [-0.25, -0.2) is 15.0 Å². The highest BCUT2D eigenvalue weighted by atomic mass is 35.5. The van der Waals surface area contributed by atoms with E-state index in [2.05, 4.69) is 51.3 Å². The van der Waals surface area contributed by atoms with Crippen LogP contribution in [0, 0.1) is 0 Å². The van der Waals surface area contributed by atoms with Crippen LogP contribution >= 0.6 is 11.6 Å². The average Bonchev–Trinajstić information content (AvgIpc) is 3.13. The van der Waals surface area contributed by atoms with E-state index in [1.165, 1.54) is 5.56 Å². The van der Waals surface area contributed by atoms with Crippen LogP contribution in [0.4, 0.5) is 0 Å². The maximum absolute atomic E-state index is 6.28. The van der Waals surface area contributed by atoms with Crippen molar-refractivity contribution in [2.24, 2.45) is 0 Å². The van der Waals surface area contributed by atoms with Crippen LogP contribution < -0.4 is 0 Å². The highest BCUT2D eigenvalue weighted by Crippen LogP contribution is 2.32. The molecule has 0 aliphatic rings. The molecule has 4 rings (SSSR count). The summed E-state index contributed by atoms with van der Waals surface area (Å²) in [7, 11) is 0. The molecule has 0 radical (unpaired) electrons. The van der Waals surface area contributed by atoms with Crippen molar-refractivity contribution >= 4 is 33.7 Å². The van der Waals surface area contributed by atoms with Crippen molar-refractivity contribution in [3.8, 4) is 0 Å². The van der Waals surface area contributed by atoms with E-state index in [1.807, 2.05) is 24.5 Å². The number of H-pyrrole nitrogens is 1. The minimum atomic E-state index is -0.000164. The molecule has 122 valence electrons. The molecule has 0 bridgehead atoms. The zero-order valence-corrected chi connectivity index (χ0v) is 14.6. The number of halogens is 1. The van der Waals surface area contributed by atoms with Crippen molar-refractivity contribution in [2.45, 2.75) is 32.7 Å². The number of fused-ring (bicyclic) bond motifs is 2. The molecule has 0 saturated heterocycles. The highest BCUT2D eigenvalue weighted by Gasteiger charge is 2.20. The first-order valence-corrected chi connectivity index (χ1v) is 8.24. The van der Waals surface area contributed by atoms with Gasteiger partial charge in [-0.2, -0.15) is 0 Å². The molecule has 4 aromatic heterocycles. The van der Waals surface area contributed by atoms with Gasteiger partial charge in [-0.3, -0.25) is 0 Å². The van der Waals surface area contributed by atoms with Crippen LogP contribution in [0.5, 0.6) is 0 Å². The lowest BCUT2D eigenvalue weighted by Gasteiger charge is -2.20. The van der Waals surface area contributed by atoms with Crippen LogP contribution in [-0.2, 0) is 12.0 Å². The van der Waals surface area contributed by atoms with Crippen molar-refractivity contribution in [1.29, 1.82) is 0 Å². The third-order valence-electron chi connectivity index (χ3n) is 4.27. The Balaban J connectivity index is 1.86. The van der Waals surface area contributed by atoms with E-state index in [-0.39, 0.29) is 5.41 Å². The Bertz CT molecular complexity index is 1040. The maximum Gasteiger partial charge on any atom is 0.142 e. The van der Waals surface area contributed by atoms with Crippen molar-refractivity contribution < 1.29 is 0 Å². The highest BCUT2D eigenvalue weighted by molar-refractivity contribution is 6.29. The lowest BCUT2D eigenvalue weighted by molar-refractivity contribution is 0.595. The smallest absolute Gasteiger partial charge is 0.142 e. The summed E-state index contributed by atoms with van der Waals surface area (Å²) in [5, 5.41) is 2.67. The maximum atomic E-state index is 6.28.